The lowest BCUT2D eigenvalue weighted by molar-refractivity contribution is 0.0954. The predicted octanol–water partition coefficient (Wildman–Crippen LogP) is 5.99. The number of alkyl halides is 2. The summed E-state index contributed by atoms with van der Waals surface area (Å²) in [5.41, 5.74) is 3.57. The fourth-order valence-corrected chi connectivity index (χ4v) is 2.98. The molecule has 4 heteroatoms. The van der Waals surface area contributed by atoms with Crippen molar-refractivity contribution < 1.29 is 9.59 Å². The Morgan fingerprint density at radius 1 is 0.760 bits per heavy atom. The number of carbonyl (C=O) groups is 2. The second kappa shape index (κ2) is 7.55. The molecule has 0 N–H and O–H groups in total. The van der Waals surface area contributed by atoms with Gasteiger partial charge in [-0.1, -0.05) is 74.3 Å². The van der Waals surface area contributed by atoms with Gasteiger partial charge in [-0.15, -0.1) is 0 Å². The van der Waals surface area contributed by atoms with Crippen LogP contribution in [0.4, 0.5) is 0 Å². The summed E-state index contributed by atoms with van der Waals surface area (Å²) in [5, 5.41) is 0. The van der Waals surface area contributed by atoms with Crippen molar-refractivity contribution in [2.24, 2.45) is 0 Å². The van der Waals surface area contributed by atoms with Crippen molar-refractivity contribution in [3.8, 4) is 0 Å². The molecule has 0 saturated carbocycles. The van der Waals surface area contributed by atoms with Crippen LogP contribution in [0.15, 0.2) is 48.5 Å². The van der Waals surface area contributed by atoms with Gasteiger partial charge in [0.2, 0.25) is 0 Å². The molecular formula is C21H22Br2O2. The molecule has 0 aliphatic carbocycles. The molecule has 0 spiro atoms. The highest BCUT2D eigenvalue weighted by Gasteiger charge is 2.25. The van der Waals surface area contributed by atoms with E-state index in [-0.39, 0.29) is 11.6 Å². The summed E-state index contributed by atoms with van der Waals surface area (Å²) in [7, 11) is 0. The van der Waals surface area contributed by atoms with Crippen LogP contribution < -0.4 is 0 Å². The van der Waals surface area contributed by atoms with Gasteiger partial charge in [-0.05, 0) is 51.3 Å². The monoisotopic (exact) mass is 464 g/mol. The number of rotatable bonds is 6. The first-order chi connectivity index (χ1) is 11.5. The van der Waals surface area contributed by atoms with E-state index in [4.69, 9.17) is 0 Å². The zero-order valence-corrected chi connectivity index (χ0v) is 18.1. The highest BCUT2D eigenvalue weighted by atomic mass is 79.9. The van der Waals surface area contributed by atoms with E-state index < -0.39 is 8.65 Å². The SMILES string of the molecule is CC(C)(Br)C(=O)c1ccc(Cc2cccc(C(=O)C(C)(C)Br)c2)cc1. The van der Waals surface area contributed by atoms with Crippen LogP contribution in [-0.2, 0) is 6.42 Å². The van der Waals surface area contributed by atoms with E-state index in [1.165, 1.54) is 0 Å². The first-order valence-corrected chi connectivity index (χ1v) is 9.72. The van der Waals surface area contributed by atoms with Crippen LogP contribution in [0.25, 0.3) is 0 Å². The largest absolute Gasteiger partial charge is 0.293 e. The number of hydrogen-bond acceptors (Lipinski definition) is 2. The molecule has 0 atom stereocenters. The van der Waals surface area contributed by atoms with Crippen LogP contribution in [0.2, 0.25) is 0 Å². The van der Waals surface area contributed by atoms with Crippen LogP contribution in [0.3, 0.4) is 0 Å². The van der Waals surface area contributed by atoms with Crippen molar-refractivity contribution in [3.63, 3.8) is 0 Å². The molecule has 0 amide bonds. The van der Waals surface area contributed by atoms with Gasteiger partial charge in [-0.25, -0.2) is 0 Å². The Hall–Kier alpha value is -1.26. The van der Waals surface area contributed by atoms with Gasteiger partial charge < -0.3 is 0 Å². The second-order valence-corrected chi connectivity index (χ2v) is 11.1. The highest BCUT2D eigenvalue weighted by molar-refractivity contribution is 9.10. The van der Waals surface area contributed by atoms with E-state index in [0.29, 0.717) is 11.1 Å². The lowest BCUT2D eigenvalue weighted by Crippen LogP contribution is -2.24. The van der Waals surface area contributed by atoms with Crippen molar-refractivity contribution in [2.75, 3.05) is 0 Å². The first-order valence-electron chi connectivity index (χ1n) is 8.14. The zero-order valence-electron chi connectivity index (χ0n) is 14.9. The molecule has 2 nitrogen and oxygen atoms in total. The molecule has 0 aliphatic heterocycles. The highest BCUT2D eigenvalue weighted by Crippen LogP contribution is 2.24. The summed E-state index contributed by atoms with van der Waals surface area (Å²) in [4.78, 5) is 24.7. The molecule has 0 heterocycles. The molecule has 0 fully saturated rings. The van der Waals surface area contributed by atoms with E-state index in [0.717, 1.165) is 17.5 Å². The fourth-order valence-electron chi connectivity index (χ4n) is 2.52. The number of carbonyl (C=O) groups excluding carboxylic acids is 2. The van der Waals surface area contributed by atoms with E-state index in [9.17, 15) is 9.59 Å². The molecule has 2 aromatic carbocycles. The number of halogens is 2. The van der Waals surface area contributed by atoms with Crippen molar-refractivity contribution >= 4 is 43.4 Å². The standard InChI is InChI=1S/C21H22Br2O2/c1-20(2,22)18(24)16-10-8-14(9-11-16)12-15-6-5-7-17(13-15)19(25)21(3,4)23/h5-11,13H,12H2,1-4H3. The van der Waals surface area contributed by atoms with Gasteiger partial charge >= 0.3 is 0 Å². The van der Waals surface area contributed by atoms with Crippen molar-refractivity contribution in [1.82, 2.24) is 0 Å². The third-order valence-corrected chi connectivity index (χ3v) is 4.61. The minimum Gasteiger partial charge on any atom is -0.293 e. The van der Waals surface area contributed by atoms with Gasteiger partial charge in [0.05, 0.1) is 8.65 Å². The third kappa shape index (κ3) is 5.35. The quantitative estimate of drug-likeness (QED) is 0.387. The van der Waals surface area contributed by atoms with Crippen molar-refractivity contribution in [3.05, 3.63) is 70.8 Å². The molecule has 2 aromatic rings. The molecule has 0 unspecified atom stereocenters. The maximum Gasteiger partial charge on any atom is 0.178 e. The number of benzene rings is 2. The van der Waals surface area contributed by atoms with Crippen LogP contribution >= 0.6 is 31.9 Å². The molecule has 132 valence electrons. The number of hydrogen-bond donors (Lipinski definition) is 0. The summed E-state index contributed by atoms with van der Waals surface area (Å²) < 4.78 is -1.14. The smallest absolute Gasteiger partial charge is 0.178 e. The van der Waals surface area contributed by atoms with Crippen LogP contribution in [-0.4, -0.2) is 20.2 Å². The van der Waals surface area contributed by atoms with Gasteiger partial charge in [0.15, 0.2) is 11.6 Å². The zero-order chi connectivity index (χ0) is 18.8. The predicted molar refractivity (Wildman–Crippen MR) is 110 cm³/mol. The Balaban J connectivity index is 2.18. The minimum atomic E-state index is -0.573. The Bertz CT molecular complexity index is 779. The normalized spacial score (nSPS) is 12.1. The molecule has 0 aromatic heterocycles. The topological polar surface area (TPSA) is 34.1 Å². The first kappa shape index (κ1) is 20.1. The van der Waals surface area contributed by atoms with E-state index >= 15 is 0 Å². The summed E-state index contributed by atoms with van der Waals surface area (Å²) >= 11 is 6.83. The average molecular weight is 466 g/mol. The van der Waals surface area contributed by atoms with Crippen LogP contribution in [0.1, 0.15) is 59.5 Å². The van der Waals surface area contributed by atoms with E-state index in [2.05, 4.69) is 31.9 Å². The molecule has 2 rings (SSSR count). The van der Waals surface area contributed by atoms with Gasteiger partial charge in [0, 0.05) is 11.1 Å². The molecule has 25 heavy (non-hydrogen) atoms. The lowest BCUT2D eigenvalue weighted by atomic mass is 9.95. The Kier molecular flexibility index (Phi) is 6.05. The van der Waals surface area contributed by atoms with Gasteiger partial charge in [0.1, 0.15) is 0 Å². The summed E-state index contributed by atoms with van der Waals surface area (Å²) in [6.45, 7) is 7.39. The maximum atomic E-state index is 12.4. The Labute approximate surface area is 166 Å². The van der Waals surface area contributed by atoms with Gasteiger partial charge in [-0.2, -0.15) is 0 Å². The molecular weight excluding hydrogens is 444 g/mol. The van der Waals surface area contributed by atoms with Gasteiger partial charge in [-0.3, -0.25) is 9.59 Å². The Morgan fingerprint density at radius 3 is 1.80 bits per heavy atom. The van der Waals surface area contributed by atoms with Crippen LogP contribution in [0.5, 0.6) is 0 Å². The second-order valence-electron chi connectivity index (χ2n) is 7.18. The van der Waals surface area contributed by atoms with Crippen molar-refractivity contribution in [1.29, 1.82) is 0 Å². The van der Waals surface area contributed by atoms with E-state index in [1.807, 2.05) is 76.2 Å². The molecule has 0 bridgehead atoms. The summed E-state index contributed by atoms with van der Waals surface area (Å²) in [5.74, 6) is 0.126. The van der Waals surface area contributed by atoms with Gasteiger partial charge in [0.25, 0.3) is 0 Å². The Morgan fingerprint density at radius 2 is 1.28 bits per heavy atom. The summed E-state index contributed by atoms with van der Waals surface area (Å²) in [6.07, 6.45) is 0.718. The molecule has 0 radical (unpaired) electrons. The van der Waals surface area contributed by atoms with Crippen molar-refractivity contribution in [2.45, 2.75) is 42.8 Å². The molecule has 0 saturated heterocycles. The summed E-state index contributed by atoms with van der Waals surface area (Å²) in [6, 6.07) is 15.4. The number of Topliss-reactive ketones (excluding diaryl/α,β-unsaturated/α-hetero) is 2. The minimum absolute atomic E-state index is 0.0613. The maximum absolute atomic E-state index is 12.4. The van der Waals surface area contributed by atoms with Crippen LogP contribution in [0, 0.1) is 0 Å². The molecule has 0 aliphatic rings. The lowest BCUT2D eigenvalue weighted by Gasteiger charge is -2.15. The third-order valence-electron chi connectivity index (χ3n) is 3.89. The fraction of sp³-hybridized carbons (Fsp3) is 0.333. The average Bonchev–Trinajstić information content (AvgIpc) is 2.53. The number of ketones is 2. The van der Waals surface area contributed by atoms with E-state index in [1.54, 1.807) is 0 Å².